The Kier molecular flexibility index (Phi) is 4.69. The number of carboxylic acid groups (broad SMARTS) is 2. The first-order valence-electron chi connectivity index (χ1n) is 6.11. The lowest BCUT2D eigenvalue weighted by atomic mass is 9.87. The number of hydrogen-bond donors (Lipinski definition) is 3. The molecule has 1 fully saturated rings. The molecule has 0 heterocycles. The molecule has 0 aromatic carbocycles. The number of rotatable bonds is 6. The lowest BCUT2D eigenvalue weighted by Gasteiger charge is -2.24. The fourth-order valence-corrected chi connectivity index (χ4v) is 2.24. The Morgan fingerprint density at radius 3 is 2.22 bits per heavy atom. The molecule has 0 unspecified atom stereocenters. The number of carboxylic acids is 2. The van der Waals surface area contributed by atoms with Crippen LogP contribution in [0, 0.1) is 5.41 Å². The van der Waals surface area contributed by atoms with Gasteiger partial charge in [-0.2, -0.15) is 0 Å². The maximum atomic E-state index is 12.0. The van der Waals surface area contributed by atoms with E-state index in [1.807, 2.05) is 6.92 Å². The molecule has 1 rings (SSSR count). The third-order valence-electron chi connectivity index (χ3n) is 3.51. The fraction of sp³-hybridized carbons (Fsp3) is 0.750. The summed E-state index contributed by atoms with van der Waals surface area (Å²) in [5.41, 5.74) is -0.503. The summed E-state index contributed by atoms with van der Waals surface area (Å²) in [5.74, 6) is -2.54. The van der Waals surface area contributed by atoms with E-state index in [4.69, 9.17) is 10.2 Å². The zero-order valence-electron chi connectivity index (χ0n) is 10.4. The zero-order chi connectivity index (χ0) is 13.8. The molecule has 0 aliphatic heterocycles. The van der Waals surface area contributed by atoms with Gasteiger partial charge in [-0.1, -0.05) is 19.8 Å². The number of carbonyl (C=O) groups excluding carboxylic acids is 1. The number of amides is 1. The molecular weight excluding hydrogens is 238 g/mol. The van der Waals surface area contributed by atoms with Gasteiger partial charge in [0, 0.05) is 11.8 Å². The van der Waals surface area contributed by atoms with Crippen molar-refractivity contribution in [3.05, 3.63) is 0 Å². The second-order valence-electron chi connectivity index (χ2n) is 5.06. The second kappa shape index (κ2) is 5.84. The standard InChI is InChI=1S/C12H19NO5/c1-12(6-2-3-7-12)11(18)13-8(10(16)17)4-5-9(14)15/h8H,2-7H2,1H3,(H,13,18)(H,14,15)(H,16,17)/t8-/m0/s1. The van der Waals surface area contributed by atoms with Gasteiger partial charge in [-0.15, -0.1) is 0 Å². The van der Waals surface area contributed by atoms with Gasteiger partial charge in [0.25, 0.3) is 0 Å². The van der Waals surface area contributed by atoms with E-state index in [1.165, 1.54) is 0 Å². The van der Waals surface area contributed by atoms with E-state index in [2.05, 4.69) is 5.32 Å². The lowest BCUT2D eigenvalue weighted by Crippen LogP contribution is -2.46. The normalized spacial score (nSPS) is 19.2. The smallest absolute Gasteiger partial charge is 0.326 e. The average Bonchev–Trinajstić information content (AvgIpc) is 2.71. The molecule has 0 bridgehead atoms. The number of aliphatic carboxylic acids is 2. The minimum absolute atomic E-state index is 0.0908. The molecule has 1 amide bonds. The van der Waals surface area contributed by atoms with Crippen LogP contribution in [0.15, 0.2) is 0 Å². The maximum absolute atomic E-state index is 12.0. The largest absolute Gasteiger partial charge is 0.481 e. The van der Waals surface area contributed by atoms with E-state index < -0.39 is 23.4 Å². The Hall–Kier alpha value is -1.59. The van der Waals surface area contributed by atoms with Crippen molar-refractivity contribution in [2.45, 2.75) is 51.5 Å². The second-order valence-corrected chi connectivity index (χ2v) is 5.06. The van der Waals surface area contributed by atoms with E-state index in [9.17, 15) is 14.4 Å². The van der Waals surface area contributed by atoms with Crippen LogP contribution in [-0.4, -0.2) is 34.1 Å². The van der Waals surface area contributed by atoms with Crippen LogP contribution < -0.4 is 5.32 Å². The maximum Gasteiger partial charge on any atom is 0.326 e. The highest BCUT2D eigenvalue weighted by atomic mass is 16.4. The summed E-state index contributed by atoms with van der Waals surface area (Å²) >= 11 is 0. The molecule has 0 aromatic heterocycles. The molecule has 1 aliphatic carbocycles. The highest BCUT2D eigenvalue weighted by Crippen LogP contribution is 2.37. The highest BCUT2D eigenvalue weighted by Gasteiger charge is 2.37. The summed E-state index contributed by atoms with van der Waals surface area (Å²) in [7, 11) is 0. The fourth-order valence-electron chi connectivity index (χ4n) is 2.24. The van der Waals surface area contributed by atoms with Crippen molar-refractivity contribution in [3.63, 3.8) is 0 Å². The lowest BCUT2D eigenvalue weighted by molar-refractivity contribution is -0.144. The van der Waals surface area contributed by atoms with Gasteiger partial charge in [-0.05, 0) is 19.3 Å². The SMILES string of the molecule is CC1(C(=O)N[C@@H](CCC(=O)O)C(=O)O)CCCC1. The minimum atomic E-state index is -1.19. The molecule has 1 saturated carbocycles. The van der Waals surface area contributed by atoms with Crippen molar-refractivity contribution in [2.24, 2.45) is 5.41 Å². The van der Waals surface area contributed by atoms with Crippen LogP contribution >= 0.6 is 0 Å². The Balaban J connectivity index is 2.57. The van der Waals surface area contributed by atoms with Gasteiger partial charge < -0.3 is 15.5 Å². The molecule has 6 nitrogen and oxygen atoms in total. The van der Waals surface area contributed by atoms with Gasteiger partial charge in [0.1, 0.15) is 6.04 Å². The summed E-state index contributed by atoms with van der Waals surface area (Å²) in [6.07, 6.45) is 3.09. The molecule has 6 heteroatoms. The summed E-state index contributed by atoms with van der Waals surface area (Å²) in [6.45, 7) is 1.82. The number of hydrogen-bond acceptors (Lipinski definition) is 3. The Morgan fingerprint density at radius 1 is 1.22 bits per heavy atom. The topological polar surface area (TPSA) is 104 Å². The first-order valence-corrected chi connectivity index (χ1v) is 6.11. The Morgan fingerprint density at radius 2 is 1.78 bits per heavy atom. The van der Waals surface area contributed by atoms with E-state index >= 15 is 0 Å². The van der Waals surface area contributed by atoms with E-state index in [-0.39, 0.29) is 18.7 Å². The van der Waals surface area contributed by atoms with Gasteiger partial charge in [-0.3, -0.25) is 9.59 Å². The summed E-state index contributed by atoms with van der Waals surface area (Å²) in [5, 5.41) is 19.9. The van der Waals surface area contributed by atoms with Gasteiger partial charge in [0.2, 0.25) is 5.91 Å². The number of nitrogens with one attached hydrogen (secondary N) is 1. The van der Waals surface area contributed by atoms with Crippen LogP contribution in [0.25, 0.3) is 0 Å². The Labute approximate surface area is 105 Å². The molecular formula is C12H19NO5. The van der Waals surface area contributed by atoms with E-state index in [0.717, 1.165) is 25.7 Å². The third-order valence-corrected chi connectivity index (χ3v) is 3.51. The van der Waals surface area contributed by atoms with Crippen molar-refractivity contribution in [3.8, 4) is 0 Å². The minimum Gasteiger partial charge on any atom is -0.481 e. The predicted octanol–water partition coefficient (Wildman–Crippen LogP) is 1.00. The van der Waals surface area contributed by atoms with Crippen LogP contribution in [0.4, 0.5) is 0 Å². The predicted molar refractivity (Wildman–Crippen MR) is 63.0 cm³/mol. The molecule has 0 saturated heterocycles. The van der Waals surface area contributed by atoms with Crippen LogP contribution in [0.1, 0.15) is 45.4 Å². The van der Waals surface area contributed by atoms with E-state index in [0.29, 0.717) is 0 Å². The monoisotopic (exact) mass is 257 g/mol. The van der Waals surface area contributed by atoms with Crippen molar-refractivity contribution in [2.75, 3.05) is 0 Å². The first kappa shape index (κ1) is 14.5. The van der Waals surface area contributed by atoms with Crippen LogP contribution in [-0.2, 0) is 14.4 Å². The van der Waals surface area contributed by atoms with Gasteiger partial charge in [0.15, 0.2) is 0 Å². The zero-order valence-corrected chi connectivity index (χ0v) is 10.4. The van der Waals surface area contributed by atoms with Crippen LogP contribution in [0.5, 0.6) is 0 Å². The average molecular weight is 257 g/mol. The molecule has 1 atom stereocenters. The van der Waals surface area contributed by atoms with E-state index in [1.54, 1.807) is 0 Å². The third kappa shape index (κ3) is 3.72. The molecule has 18 heavy (non-hydrogen) atoms. The number of carbonyl (C=O) groups is 3. The molecule has 0 spiro atoms. The molecule has 1 aliphatic rings. The first-order chi connectivity index (χ1) is 8.35. The van der Waals surface area contributed by atoms with Gasteiger partial charge >= 0.3 is 11.9 Å². The van der Waals surface area contributed by atoms with Crippen molar-refractivity contribution >= 4 is 17.8 Å². The van der Waals surface area contributed by atoms with Crippen LogP contribution in [0.3, 0.4) is 0 Å². The van der Waals surface area contributed by atoms with Crippen molar-refractivity contribution in [1.82, 2.24) is 5.32 Å². The molecule has 0 radical (unpaired) electrons. The summed E-state index contributed by atoms with van der Waals surface area (Å²) in [6, 6.07) is -1.12. The molecule has 0 aromatic rings. The van der Waals surface area contributed by atoms with Gasteiger partial charge in [-0.25, -0.2) is 4.79 Å². The molecule has 102 valence electrons. The quantitative estimate of drug-likeness (QED) is 0.658. The van der Waals surface area contributed by atoms with Crippen molar-refractivity contribution < 1.29 is 24.6 Å². The highest BCUT2D eigenvalue weighted by molar-refractivity contribution is 5.87. The summed E-state index contributed by atoms with van der Waals surface area (Å²) in [4.78, 5) is 33.4. The van der Waals surface area contributed by atoms with Gasteiger partial charge in [0.05, 0.1) is 0 Å². The molecule has 3 N–H and O–H groups in total. The summed E-state index contributed by atoms with van der Waals surface area (Å²) < 4.78 is 0. The van der Waals surface area contributed by atoms with Crippen molar-refractivity contribution in [1.29, 1.82) is 0 Å². The van der Waals surface area contributed by atoms with Crippen LogP contribution in [0.2, 0.25) is 0 Å². The Bertz CT molecular complexity index is 346.